The molecule has 0 atom stereocenters. The van der Waals surface area contributed by atoms with Crippen LogP contribution in [-0.4, -0.2) is 115 Å². The molecule has 22 heteroatoms. The lowest BCUT2D eigenvalue weighted by molar-refractivity contribution is 0.0682. The minimum absolute atomic E-state index is 0.0179. The first-order valence-electron chi connectivity index (χ1n) is 21.5. The van der Waals surface area contributed by atoms with E-state index in [1.54, 1.807) is 18.3 Å². The number of phenols is 3. The van der Waals surface area contributed by atoms with E-state index in [0.717, 1.165) is 0 Å². The second-order valence-electron chi connectivity index (χ2n) is 15.6. The summed E-state index contributed by atoms with van der Waals surface area (Å²) in [4.78, 5) is 68.1. The number of aromatic hydroxyl groups is 3. The van der Waals surface area contributed by atoms with Crippen LogP contribution in [0.15, 0.2) is 97.5 Å². The van der Waals surface area contributed by atoms with Crippen LogP contribution in [0.3, 0.4) is 0 Å². The largest absolute Gasteiger partial charge is 0.507 e. The maximum Gasteiger partial charge on any atom is 0.339 e. The Hall–Kier alpha value is -10.8. The van der Waals surface area contributed by atoms with Crippen molar-refractivity contribution in [3.63, 3.8) is 0 Å². The summed E-state index contributed by atoms with van der Waals surface area (Å²) < 4.78 is 3.94. The summed E-state index contributed by atoms with van der Waals surface area (Å²) in [5, 5.41) is 82.8. The molecule has 5 aromatic heterocycles. The molecule has 362 valence electrons. The zero-order chi connectivity index (χ0) is 52.3. The lowest BCUT2D eigenvalue weighted by atomic mass is 10.0. The molecule has 8 aromatic rings. The highest BCUT2D eigenvalue weighted by atomic mass is 16.4. The first-order valence-corrected chi connectivity index (χ1v) is 21.5. The summed E-state index contributed by atoms with van der Waals surface area (Å²) in [6.45, 7) is 0. The SMILES string of the molecule is C#CCCCC(=O)c1cc(C#C)nc(C#C)c1.O=C(CCCc1cn(-c2ccc(C(=O)O)c(O)c2)nn1)c1cc(-c2cn(-c3ccc(C(=O)O)c(O)c3)nn2)nc(-c2cn(-c3ccc(C(=O)O)c(O)c3)nn2)c1. The molecule has 6 N–H and O–H groups in total. The number of benzene rings is 3. The Morgan fingerprint density at radius 3 is 1.32 bits per heavy atom. The van der Waals surface area contributed by atoms with Crippen LogP contribution in [0.1, 0.15) is 101 Å². The normalized spacial score (nSPS) is 10.5. The number of nitrogens with zero attached hydrogens (tertiary/aromatic N) is 11. The van der Waals surface area contributed by atoms with Gasteiger partial charge in [0.15, 0.2) is 11.6 Å². The van der Waals surface area contributed by atoms with Crippen molar-refractivity contribution in [2.75, 3.05) is 0 Å². The van der Waals surface area contributed by atoms with Crippen molar-refractivity contribution in [3.8, 4) is 94.1 Å². The minimum Gasteiger partial charge on any atom is -0.507 e. The maximum absolute atomic E-state index is 13.7. The molecule has 0 aliphatic heterocycles. The summed E-state index contributed by atoms with van der Waals surface area (Å²) in [7, 11) is 0. The fourth-order valence-corrected chi connectivity index (χ4v) is 6.95. The molecule has 0 spiro atoms. The molecule has 0 amide bonds. The lowest BCUT2D eigenvalue weighted by Gasteiger charge is -2.06. The van der Waals surface area contributed by atoms with Crippen molar-refractivity contribution in [1.29, 1.82) is 0 Å². The first-order chi connectivity index (χ1) is 35.0. The molecule has 0 saturated carbocycles. The number of ketones is 2. The molecule has 5 heterocycles. The molecule has 73 heavy (non-hydrogen) atoms. The first kappa shape index (κ1) is 50.1. The zero-order valence-electron chi connectivity index (χ0n) is 37.9. The Morgan fingerprint density at radius 2 is 0.904 bits per heavy atom. The van der Waals surface area contributed by atoms with Gasteiger partial charge >= 0.3 is 17.9 Å². The maximum atomic E-state index is 13.7. The summed E-state index contributed by atoms with van der Waals surface area (Å²) in [5.41, 5.74) is 2.98. The van der Waals surface area contributed by atoms with Crippen molar-refractivity contribution in [2.45, 2.75) is 38.5 Å². The van der Waals surface area contributed by atoms with E-state index < -0.39 is 35.2 Å². The van der Waals surface area contributed by atoms with Gasteiger partial charge in [-0.3, -0.25) is 9.59 Å². The number of aryl methyl sites for hydroxylation is 1. The van der Waals surface area contributed by atoms with E-state index in [1.807, 2.05) is 0 Å². The Bertz CT molecular complexity index is 3460. The van der Waals surface area contributed by atoms with Gasteiger partial charge in [0.1, 0.15) is 56.7 Å². The molecular formula is C51H37N11O11. The van der Waals surface area contributed by atoms with Gasteiger partial charge in [-0.15, -0.1) is 40.5 Å². The van der Waals surface area contributed by atoms with Gasteiger partial charge in [0.05, 0.1) is 52.7 Å². The van der Waals surface area contributed by atoms with Crippen LogP contribution < -0.4 is 0 Å². The molecule has 3 aromatic carbocycles. The van der Waals surface area contributed by atoms with Gasteiger partial charge in [0.2, 0.25) is 0 Å². The number of terminal acetylenes is 3. The zero-order valence-corrected chi connectivity index (χ0v) is 37.9. The number of carbonyl (C=O) groups is 5. The number of hydrogen-bond donors (Lipinski definition) is 6. The van der Waals surface area contributed by atoms with Gasteiger partial charge in [-0.1, -0.05) is 27.5 Å². The van der Waals surface area contributed by atoms with Gasteiger partial charge in [0, 0.05) is 48.6 Å². The second-order valence-corrected chi connectivity index (χ2v) is 15.6. The van der Waals surface area contributed by atoms with Crippen molar-refractivity contribution < 1.29 is 54.6 Å². The molecule has 0 unspecified atom stereocenters. The molecule has 22 nitrogen and oxygen atoms in total. The Kier molecular flexibility index (Phi) is 15.2. The van der Waals surface area contributed by atoms with Gasteiger partial charge < -0.3 is 30.6 Å². The molecule has 0 saturated heterocycles. The number of carboxylic acids is 3. The van der Waals surface area contributed by atoms with Gasteiger partial charge in [-0.2, -0.15) is 0 Å². The lowest BCUT2D eigenvalue weighted by Crippen LogP contribution is -2.03. The summed E-state index contributed by atoms with van der Waals surface area (Å²) in [6, 6.07) is 17.8. The van der Waals surface area contributed by atoms with Crippen LogP contribution in [0.4, 0.5) is 0 Å². The third-order valence-corrected chi connectivity index (χ3v) is 10.6. The van der Waals surface area contributed by atoms with Crippen LogP contribution in [0.25, 0.3) is 39.8 Å². The minimum atomic E-state index is -1.31. The standard InChI is InChI=1S/C36H26N10O10.C15H11NO/c47-30(3-1-2-19-15-44(41-38-19)20-4-7-23(34(51)52)31(48)12-20)18-10-26(28-16-45(42-39-28)21-5-8-24(35(53)54)32(49)13-21)37-27(11-18)29-17-46(43-40-29)22-6-9-25(36(55)56)33(50)14-22;1-4-7-8-9-15(17)12-10-13(5-2)16-14(6-3)11-12/h4-17,48-50H,1-3H2,(H,51,52)(H,53,54)(H,55,56);1-3,10-11H,7-9H2. The van der Waals surface area contributed by atoms with E-state index in [4.69, 9.17) is 24.4 Å². The third kappa shape index (κ3) is 11.9. The molecule has 0 radical (unpaired) electrons. The summed E-state index contributed by atoms with van der Waals surface area (Å²) >= 11 is 0. The highest BCUT2D eigenvalue weighted by molar-refractivity contribution is 5.98. The fourth-order valence-electron chi connectivity index (χ4n) is 6.95. The van der Waals surface area contributed by atoms with Crippen LogP contribution in [-0.2, 0) is 6.42 Å². The predicted molar refractivity (Wildman–Crippen MR) is 257 cm³/mol. The van der Waals surface area contributed by atoms with Gasteiger partial charge in [-0.05, 0) is 79.9 Å². The van der Waals surface area contributed by atoms with Gasteiger partial charge in [-0.25, -0.2) is 38.4 Å². The Balaban J connectivity index is 0.000000390. The number of aromatic carboxylic acids is 3. The van der Waals surface area contributed by atoms with E-state index in [2.05, 4.69) is 58.7 Å². The number of hydrogen-bond acceptors (Lipinski definition) is 16. The van der Waals surface area contributed by atoms with Crippen LogP contribution in [0, 0.1) is 37.0 Å². The molecule has 0 fully saturated rings. The molecule has 0 aliphatic carbocycles. The number of aromatic nitrogens is 11. The molecule has 0 aliphatic rings. The molecule has 0 bridgehead atoms. The number of carboxylic acid groups (broad SMARTS) is 3. The van der Waals surface area contributed by atoms with Crippen molar-refractivity contribution in [3.05, 3.63) is 142 Å². The number of Topliss-reactive ketones (excluding diaryl/α,β-unsaturated/α-hetero) is 2. The molecular weight excluding hydrogens is 943 g/mol. The number of unbranched alkanes of at least 4 members (excludes halogenated alkanes) is 1. The summed E-state index contributed by atoms with van der Waals surface area (Å²) in [5.74, 6) is 1.65. The van der Waals surface area contributed by atoms with Crippen LogP contribution >= 0.6 is 0 Å². The Labute approximate surface area is 412 Å². The monoisotopic (exact) mass is 979 g/mol. The van der Waals surface area contributed by atoms with E-state index in [1.165, 1.54) is 93.2 Å². The number of rotatable bonds is 17. The third-order valence-electron chi connectivity index (χ3n) is 10.6. The molecule has 8 rings (SSSR count). The Morgan fingerprint density at radius 1 is 0.493 bits per heavy atom. The van der Waals surface area contributed by atoms with E-state index >= 15 is 0 Å². The average Bonchev–Trinajstić information content (AvgIpc) is 4.19. The summed E-state index contributed by atoms with van der Waals surface area (Å²) in [6.07, 6.45) is 22.5. The average molecular weight is 980 g/mol. The quantitative estimate of drug-likeness (QED) is 0.0367. The van der Waals surface area contributed by atoms with E-state index in [9.17, 15) is 49.5 Å². The van der Waals surface area contributed by atoms with Crippen molar-refractivity contribution in [2.24, 2.45) is 0 Å². The highest BCUT2D eigenvalue weighted by Crippen LogP contribution is 2.28. The topological polar surface area (TPSA) is 325 Å². The predicted octanol–water partition coefficient (Wildman–Crippen LogP) is 5.61. The van der Waals surface area contributed by atoms with Crippen LogP contribution in [0.5, 0.6) is 17.2 Å². The number of pyridine rings is 2. The fraction of sp³-hybridized carbons (Fsp3) is 0.118. The van der Waals surface area contributed by atoms with Crippen molar-refractivity contribution in [1.82, 2.24) is 54.9 Å². The highest BCUT2D eigenvalue weighted by Gasteiger charge is 2.20. The van der Waals surface area contributed by atoms with E-state index in [0.29, 0.717) is 71.8 Å². The number of carbonyl (C=O) groups excluding carboxylic acids is 2. The van der Waals surface area contributed by atoms with Crippen LogP contribution in [0.2, 0.25) is 0 Å². The second kappa shape index (κ2) is 22.1. The van der Waals surface area contributed by atoms with Crippen molar-refractivity contribution >= 4 is 29.5 Å². The van der Waals surface area contributed by atoms with E-state index in [-0.39, 0.29) is 63.0 Å². The van der Waals surface area contributed by atoms with Gasteiger partial charge in [0.25, 0.3) is 0 Å². The smallest absolute Gasteiger partial charge is 0.339 e.